The van der Waals surface area contributed by atoms with Crippen LogP contribution in [0.25, 0.3) is 0 Å². The van der Waals surface area contributed by atoms with Gasteiger partial charge in [-0.3, -0.25) is 4.79 Å². The van der Waals surface area contributed by atoms with Gasteiger partial charge in [0.1, 0.15) is 17.6 Å². The minimum atomic E-state index is -0.752. The number of rotatable bonds is 2. The average molecular weight is 194 g/mol. The Morgan fingerprint density at radius 1 is 1.50 bits per heavy atom. The summed E-state index contributed by atoms with van der Waals surface area (Å²) < 4.78 is 5.09. The highest BCUT2D eigenvalue weighted by Gasteiger charge is 2.31. The van der Waals surface area contributed by atoms with Crippen LogP contribution < -0.4 is 0 Å². The number of ketones is 1. The summed E-state index contributed by atoms with van der Waals surface area (Å²) in [4.78, 5) is 11.5. The van der Waals surface area contributed by atoms with Crippen LogP contribution in [0, 0.1) is 5.92 Å². The molecule has 1 aromatic heterocycles. The van der Waals surface area contributed by atoms with Crippen molar-refractivity contribution in [2.75, 3.05) is 0 Å². The van der Waals surface area contributed by atoms with Crippen molar-refractivity contribution in [3.8, 4) is 0 Å². The maximum atomic E-state index is 11.5. The molecule has 14 heavy (non-hydrogen) atoms. The largest absolute Gasteiger partial charge is 0.467 e. The fourth-order valence-electron chi connectivity index (χ4n) is 2.00. The molecular formula is C11H14O3. The predicted molar refractivity (Wildman–Crippen MR) is 50.6 cm³/mol. The molecule has 1 aliphatic rings. The van der Waals surface area contributed by atoms with E-state index in [0.717, 1.165) is 19.3 Å². The van der Waals surface area contributed by atoms with Gasteiger partial charge in [0.2, 0.25) is 0 Å². The summed E-state index contributed by atoms with van der Waals surface area (Å²) >= 11 is 0. The Bertz CT molecular complexity index is 302. The van der Waals surface area contributed by atoms with Crippen molar-refractivity contribution in [1.82, 2.24) is 0 Å². The lowest BCUT2D eigenvalue weighted by atomic mass is 9.83. The second-order valence-electron chi connectivity index (χ2n) is 3.78. The van der Waals surface area contributed by atoms with Crippen LogP contribution in [0.4, 0.5) is 0 Å². The van der Waals surface area contributed by atoms with Gasteiger partial charge in [-0.15, -0.1) is 0 Å². The summed E-state index contributed by atoms with van der Waals surface area (Å²) in [6, 6.07) is 3.44. The van der Waals surface area contributed by atoms with Gasteiger partial charge >= 0.3 is 0 Å². The van der Waals surface area contributed by atoms with Crippen molar-refractivity contribution < 1.29 is 14.3 Å². The summed E-state index contributed by atoms with van der Waals surface area (Å²) in [5, 5.41) is 9.89. The van der Waals surface area contributed by atoms with Gasteiger partial charge in [-0.05, 0) is 25.0 Å². The Labute approximate surface area is 82.7 Å². The maximum absolute atomic E-state index is 11.5. The van der Waals surface area contributed by atoms with Crippen molar-refractivity contribution in [3.05, 3.63) is 24.2 Å². The third kappa shape index (κ3) is 1.73. The van der Waals surface area contributed by atoms with E-state index in [0.29, 0.717) is 12.2 Å². The summed E-state index contributed by atoms with van der Waals surface area (Å²) in [5.41, 5.74) is 0. The van der Waals surface area contributed by atoms with Crippen molar-refractivity contribution in [3.63, 3.8) is 0 Å². The van der Waals surface area contributed by atoms with Crippen LogP contribution in [0.2, 0.25) is 0 Å². The number of carbonyl (C=O) groups is 1. The molecule has 1 aliphatic carbocycles. The fraction of sp³-hybridized carbons (Fsp3) is 0.545. The number of furan rings is 1. The van der Waals surface area contributed by atoms with Gasteiger partial charge in [0, 0.05) is 6.42 Å². The van der Waals surface area contributed by atoms with E-state index in [1.807, 2.05) is 0 Å². The van der Waals surface area contributed by atoms with E-state index in [-0.39, 0.29) is 11.7 Å². The Hall–Kier alpha value is -1.09. The molecular weight excluding hydrogens is 180 g/mol. The lowest BCUT2D eigenvalue weighted by Crippen LogP contribution is -2.25. The minimum Gasteiger partial charge on any atom is -0.467 e. The monoisotopic (exact) mass is 194 g/mol. The van der Waals surface area contributed by atoms with Gasteiger partial charge in [-0.25, -0.2) is 0 Å². The second-order valence-corrected chi connectivity index (χ2v) is 3.78. The van der Waals surface area contributed by atoms with Gasteiger partial charge < -0.3 is 9.52 Å². The van der Waals surface area contributed by atoms with Gasteiger partial charge in [-0.2, -0.15) is 0 Å². The highest BCUT2D eigenvalue weighted by atomic mass is 16.4. The summed E-state index contributed by atoms with van der Waals surface area (Å²) in [6.45, 7) is 0. The van der Waals surface area contributed by atoms with Crippen LogP contribution in [-0.4, -0.2) is 10.9 Å². The number of aliphatic hydroxyl groups is 1. The van der Waals surface area contributed by atoms with Crippen molar-refractivity contribution in [2.45, 2.75) is 31.8 Å². The Morgan fingerprint density at radius 2 is 2.36 bits per heavy atom. The molecule has 0 spiro atoms. The topological polar surface area (TPSA) is 50.4 Å². The quantitative estimate of drug-likeness (QED) is 0.784. The van der Waals surface area contributed by atoms with Crippen LogP contribution in [0.5, 0.6) is 0 Å². The van der Waals surface area contributed by atoms with E-state index >= 15 is 0 Å². The third-order valence-corrected chi connectivity index (χ3v) is 2.82. The number of Topliss-reactive ketones (excluding diaryl/α,β-unsaturated/α-hetero) is 1. The van der Waals surface area contributed by atoms with E-state index in [4.69, 9.17) is 4.42 Å². The number of hydrogen-bond acceptors (Lipinski definition) is 3. The highest BCUT2D eigenvalue weighted by Crippen LogP contribution is 2.32. The summed E-state index contributed by atoms with van der Waals surface area (Å²) in [7, 11) is 0. The van der Waals surface area contributed by atoms with Gasteiger partial charge in [0.05, 0.1) is 12.2 Å². The first kappa shape index (κ1) is 9.46. The second kappa shape index (κ2) is 3.96. The molecule has 2 atom stereocenters. The molecule has 2 unspecified atom stereocenters. The minimum absolute atomic E-state index is 0.167. The van der Waals surface area contributed by atoms with Crippen molar-refractivity contribution in [1.29, 1.82) is 0 Å². The molecule has 0 amide bonds. The average Bonchev–Trinajstić information content (AvgIpc) is 2.70. The van der Waals surface area contributed by atoms with E-state index < -0.39 is 6.10 Å². The van der Waals surface area contributed by atoms with Crippen LogP contribution >= 0.6 is 0 Å². The molecule has 0 aromatic carbocycles. The maximum Gasteiger partial charge on any atom is 0.139 e. The SMILES string of the molecule is O=C1CCCCC1C(O)c1ccco1. The molecule has 1 aromatic rings. The normalized spacial score (nSPS) is 24.9. The molecule has 0 radical (unpaired) electrons. The number of carbonyl (C=O) groups excluding carboxylic acids is 1. The standard InChI is InChI=1S/C11H14O3/c12-9-5-2-1-4-8(9)11(13)10-6-3-7-14-10/h3,6-8,11,13H,1-2,4-5H2. The van der Waals surface area contributed by atoms with Crippen LogP contribution in [-0.2, 0) is 4.79 Å². The van der Waals surface area contributed by atoms with Crippen LogP contribution in [0.3, 0.4) is 0 Å². The van der Waals surface area contributed by atoms with Gasteiger partial charge in [0.15, 0.2) is 0 Å². The molecule has 1 fully saturated rings. The zero-order chi connectivity index (χ0) is 9.97. The molecule has 0 aliphatic heterocycles. The Balaban J connectivity index is 2.10. The summed E-state index contributed by atoms with van der Waals surface area (Å²) in [6.07, 6.45) is 4.13. The number of aliphatic hydroxyl groups excluding tert-OH is 1. The molecule has 1 saturated carbocycles. The Kier molecular flexibility index (Phi) is 2.68. The first-order valence-electron chi connectivity index (χ1n) is 5.03. The van der Waals surface area contributed by atoms with E-state index in [1.165, 1.54) is 6.26 Å². The third-order valence-electron chi connectivity index (χ3n) is 2.82. The molecule has 3 heteroatoms. The first-order valence-corrected chi connectivity index (χ1v) is 5.03. The first-order chi connectivity index (χ1) is 6.79. The molecule has 2 rings (SSSR count). The Morgan fingerprint density at radius 3 is 3.00 bits per heavy atom. The molecule has 3 nitrogen and oxygen atoms in total. The lowest BCUT2D eigenvalue weighted by Gasteiger charge is -2.23. The highest BCUT2D eigenvalue weighted by molar-refractivity contribution is 5.82. The lowest BCUT2D eigenvalue weighted by molar-refractivity contribution is -0.129. The van der Waals surface area contributed by atoms with Gasteiger partial charge in [-0.1, -0.05) is 6.42 Å². The van der Waals surface area contributed by atoms with Crippen molar-refractivity contribution >= 4 is 5.78 Å². The number of hydrogen-bond donors (Lipinski definition) is 1. The zero-order valence-electron chi connectivity index (χ0n) is 7.98. The van der Waals surface area contributed by atoms with Crippen LogP contribution in [0.15, 0.2) is 22.8 Å². The zero-order valence-corrected chi connectivity index (χ0v) is 7.98. The smallest absolute Gasteiger partial charge is 0.139 e. The summed E-state index contributed by atoms with van der Waals surface area (Å²) in [5.74, 6) is 0.417. The molecule has 0 saturated heterocycles. The van der Waals surface area contributed by atoms with Crippen LogP contribution in [0.1, 0.15) is 37.5 Å². The molecule has 0 bridgehead atoms. The van der Waals surface area contributed by atoms with E-state index in [9.17, 15) is 9.90 Å². The fourth-order valence-corrected chi connectivity index (χ4v) is 2.00. The molecule has 1 heterocycles. The van der Waals surface area contributed by atoms with E-state index in [1.54, 1.807) is 12.1 Å². The molecule has 1 N–H and O–H groups in total. The molecule has 76 valence electrons. The predicted octanol–water partition coefficient (Wildman–Crippen LogP) is 2.07. The van der Waals surface area contributed by atoms with Crippen molar-refractivity contribution in [2.24, 2.45) is 5.92 Å². The van der Waals surface area contributed by atoms with Gasteiger partial charge in [0.25, 0.3) is 0 Å². The van der Waals surface area contributed by atoms with E-state index in [2.05, 4.69) is 0 Å².